The fourth-order valence-electron chi connectivity index (χ4n) is 2.37. The number of methoxy groups -OCH3 is 1. The van der Waals surface area contributed by atoms with E-state index < -0.39 is 6.04 Å². The molecule has 1 aliphatic heterocycles. The van der Waals surface area contributed by atoms with Crippen LogP contribution in [0, 0.1) is 0 Å². The van der Waals surface area contributed by atoms with Crippen LogP contribution in [0.2, 0.25) is 0 Å². The van der Waals surface area contributed by atoms with Crippen molar-refractivity contribution in [2.45, 2.75) is 64.1 Å². The summed E-state index contributed by atoms with van der Waals surface area (Å²) in [6.45, 7) is 6.56. The molecule has 0 aromatic rings. The molecule has 0 saturated carbocycles. The van der Waals surface area contributed by atoms with Gasteiger partial charge in [-0.25, -0.2) is 4.79 Å². The molecule has 0 spiro atoms. The molecule has 6 nitrogen and oxygen atoms in total. The van der Waals surface area contributed by atoms with Gasteiger partial charge in [0.15, 0.2) is 0 Å². The minimum atomic E-state index is -0.430. The fraction of sp³-hybridized carbons (Fsp3) is 0.857. The molecule has 6 heteroatoms. The van der Waals surface area contributed by atoms with Crippen molar-refractivity contribution in [1.29, 1.82) is 0 Å². The van der Waals surface area contributed by atoms with Crippen LogP contribution in [0.15, 0.2) is 0 Å². The Labute approximate surface area is 121 Å². The summed E-state index contributed by atoms with van der Waals surface area (Å²) in [5, 5.41) is 8.39. The van der Waals surface area contributed by atoms with Crippen molar-refractivity contribution in [3.8, 4) is 0 Å². The summed E-state index contributed by atoms with van der Waals surface area (Å²) in [6.07, 6.45) is 3.30. The summed E-state index contributed by atoms with van der Waals surface area (Å²) >= 11 is 0. The second-order valence-electron chi connectivity index (χ2n) is 6.03. The summed E-state index contributed by atoms with van der Waals surface area (Å²) in [7, 11) is 1.66. The van der Waals surface area contributed by atoms with Crippen LogP contribution in [0.5, 0.6) is 0 Å². The lowest BCUT2D eigenvalue weighted by Crippen LogP contribution is -2.51. The molecule has 2 atom stereocenters. The van der Waals surface area contributed by atoms with Gasteiger partial charge >= 0.3 is 6.03 Å². The van der Waals surface area contributed by atoms with Gasteiger partial charge in [-0.15, -0.1) is 0 Å². The third-order valence-electron chi connectivity index (χ3n) is 3.57. The highest BCUT2D eigenvalue weighted by molar-refractivity contribution is 5.87. The predicted octanol–water partition coefficient (Wildman–Crippen LogP) is 1.16. The molecule has 3 amide bonds. The molecule has 0 radical (unpaired) electrons. The van der Waals surface area contributed by atoms with Crippen molar-refractivity contribution in [3.63, 3.8) is 0 Å². The molecule has 0 bridgehead atoms. The van der Waals surface area contributed by atoms with Crippen LogP contribution in [0.25, 0.3) is 0 Å². The number of rotatable bonds is 5. The lowest BCUT2D eigenvalue weighted by atomic mass is 10.00. The Kier molecular flexibility index (Phi) is 6.26. The van der Waals surface area contributed by atoms with E-state index in [1.165, 1.54) is 0 Å². The maximum absolute atomic E-state index is 11.9. The second-order valence-corrected chi connectivity index (χ2v) is 6.03. The average molecular weight is 285 g/mol. The van der Waals surface area contributed by atoms with Crippen molar-refractivity contribution in [2.24, 2.45) is 0 Å². The average Bonchev–Trinajstić information content (AvgIpc) is 2.54. The van der Waals surface area contributed by atoms with Gasteiger partial charge in [-0.1, -0.05) is 0 Å². The monoisotopic (exact) mass is 285 g/mol. The predicted molar refractivity (Wildman–Crippen MR) is 77.5 cm³/mol. The van der Waals surface area contributed by atoms with Crippen LogP contribution >= 0.6 is 0 Å². The van der Waals surface area contributed by atoms with Gasteiger partial charge in [-0.2, -0.15) is 0 Å². The standard InChI is InChI=1S/C14H27N3O3/c1-10(9-14(2,3)20-4)16-13(19)17-11-7-5-6-8-15-12(11)18/h10-11H,5-9H2,1-4H3,(H,15,18)(H2,16,17,19)/t10-,11+/m0/s1. The number of amides is 3. The van der Waals surface area contributed by atoms with Crippen LogP contribution in [0.1, 0.15) is 46.5 Å². The largest absolute Gasteiger partial charge is 0.379 e. The van der Waals surface area contributed by atoms with Crippen molar-refractivity contribution >= 4 is 11.9 Å². The molecular weight excluding hydrogens is 258 g/mol. The molecule has 0 aromatic carbocycles. The Bertz CT molecular complexity index is 345. The number of hydrogen-bond donors (Lipinski definition) is 3. The Hall–Kier alpha value is -1.30. The van der Waals surface area contributed by atoms with E-state index in [4.69, 9.17) is 4.74 Å². The van der Waals surface area contributed by atoms with E-state index >= 15 is 0 Å². The van der Waals surface area contributed by atoms with Gasteiger partial charge in [0.05, 0.1) is 5.60 Å². The lowest BCUT2D eigenvalue weighted by Gasteiger charge is -2.27. The third-order valence-corrected chi connectivity index (χ3v) is 3.57. The molecule has 1 aliphatic rings. The van der Waals surface area contributed by atoms with E-state index in [-0.39, 0.29) is 23.6 Å². The van der Waals surface area contributed by atoms with E-state index in [1.807, 2.05) is 20.8 Å². The third kappa shape index (κ3) is 5.77. The van der Waals surface area contributed by atoms with Crippen molar-refractivity contribution in [1.82, 2.24) is 16.0 Å². The van der Waals surface area contributed by atoms with Crippen LogP contribution in [-0.4, -0.2) is 43.3 Å². The van der Waals surface area contributed by atoms with Gasteiger partial charge < -0.3 is 20.7 Å². The number of carbonyl (C=O) groups excluding carboxylic acids is 2. The molecule has 0 aliphatic carbocycles. The maximum Gasteiger partial charge on any atom is 0.315 e. The quantitative estimate of drug-likeness (QED) is 0.709. The van der Waals surface area contributed by atoms with E-state index in [2.05, 4.69) is 16.0 Å². The van der Waals surface area contributed by atoms with Crippen LogP contribution in [-0.2, 0) is 9.53 Å². The van der Waals surface area contributed by atoms with Gasteiger partial charge in [0, 0.05) is 19.7 Å². The fourth-order valence-corrected chi connectivity index (χ4v) is 2.37. The normalized spacial score (nSPS) is 21.6. The zero-order chi connectivity index (χ0) is 15.2. The zero-order valence-electron chi connectivity index (χ0n) is 12.9. The lowest BCUT2D eigenvalue weighted by molar-refractivity contribution is -0.122. The van der Waals surface area contributed by atoms with E-state index in [0.717, 1.165) is 12.8 Å². The van der Waals surface area contributed by atoms with Crippen molar-refractivity contribution < 1.29 is 14.3 Å². The Balaban J connectivity index is 2.40. The van der Waals surface area contributed by atoms with Crippen LogP contribution in [0.3, 0.4) is 0 Å². The number of carbonyl (C=O) groups is 2. The summed E-state index contributed by atoms with van der Waals surface area (Å²) in [5.74, 6) is -0.0949. The van der Waals surface area contributed by atoms with Gasteiger partial charge in [0.2, 0.25) is 5.91 Å². The van der Waals surface area contributed by atoms with E-state index in [1.54, 1.807) is 7.11 Å². The molecule has 1 fully saturated rings. The van der Waals surface area contributed by atoms with Crippen LogP contribution in [0.4, 0.5) is 4.79 Å². The summed E-state index contributed by atoms with van der Waals surface area (Å²) in [6, 6.07) is -0.759. The molecule has 1 rings (SSSR count). The first kappa shape index (κ1) is 16.8. The summed E-state index contributed by atoms with van der Waals surface area (Å²) in [5.41, 5.74) is -0.285. The number of urea groups is 1. The first-order valence-corrected chi connectivity index (χ1v) is 7.24. The van der Waals surface area contributed by atoms with E-state index in [9.17, 15) is 9.59 Å². The maximum atomic E-state index is 11.9. The minimum absolute atomic E-state index is 0.0289. The van der Waals surface area contributed by atoms with Crippen molar-refractivity contribution in [2.75, 3.05) is 13.7 Å². The molecule has 0 aromatic heterocycles. The number of ether oxygens (including phenoxy) is 1. The zero-order valence-corrected chi connectivity index (χ0v) is 12.9. The van der Waals surface area contributed by atoms with Crippen molar-refractivity contribution in [3.05, 3.63) is 0 Å². The summed E-state index contributed by atoms with van der Waals surface area (Å²) < 4.78 is 5.34. The molecule has 20 heavy (non-hydrogen) atoms. The van der Waals surface area contributed by atoms with Crippen LogP contribution < -0.4 is 16.0 Å². The smallest absolute Gasteiger partial charge is 0.315 e. The Morgan fingerprint density at radius 2 is 2.20 bits per heavy atom. The first-order valence-electron chi connectivity index (χ1n) is 7.24. The SMILES string of the molecule is COC(C)(C)C[C@H](C)NC(=O)N[C@@H]1CCCCNC1=O. The second kappa shape index (κ2) is 7.47. The number of hydrogen-bond acceptors (Lipinski definition) is 3. The van der Waals surface area contributed by atoms with Gasteiger partial charge in [-0.05, 0) is 46.5 Å². The van der Waals surface area contributed by atoms with E-state index in [0.29, 0.717) is 19.4 Å². The highest BCUT2D eigenvalue weighted by atomic mass is 16.5. The molecule has 3 N–H and O–H groups in total. The molecule has 116 valence electrons. The van der Waals surface area contributed by atoms with Gasteiger partial charge in [0.25, 0.3) is 0 Å². The number of nitrogens with one attached hydrogen (secondary N) is 3. The van der Waals surface area contributed by atoms with Gasteiger partial charge in [-0.3, -0.25) is 4.79 Å². The molecule has 1 heterocycles. The highest BCUT2D eigenvalue weighted by Crippen LogP contribution is 2.15. The minimum Gasteiger partial charge on any atom is -0.379 e. The van der Waals surface area contributed by atoms with Gasteiger partial charge in [0.1, 0.15) is 6.04 Å². The Morgan fingerprint density at radius 3 is 2.85 bits per heavy atom. The Morgan fingerprint density at radius 1 is 1.50 bits per heavy atom. The molecule has 1 saturated heterocycles. The molecular formula is C14H27N3O3. The first-order chi connectivity index (χ1) is 9.34. The molecule has 0 unspecified atom stereocenters. The summed E-state index contributed by atoms with van der Waals surface area (Å²) in [4.78, 5) is 23.6. The highest BCUT2D eigenvalue weighted by Gasteiger charge is 2.24. The topological polar surface area (TPSA) is 79.5 Å².